The summed E-state index contributed by atoms with van der Waals surface area (Å²) < 4.78 is 38.4. The van der Waals surface area contributed by atoms with E-state index < -0.39 is 24.5 Å². The SMILES string of the molecule is CCCCOC[C@H]1O[C@@H](c2cnc(C(=NC(=N)SC)OCC)[nH]2)[C@H](F)[C@@H]1OCCCC. The molecule has 4 atom stereocenters. The number of imidazole rings is 1. The molecule has 0 saturated carbocycles. The Morgan fingerprint density at radius 3 is 2.71 bits per heavy atom. The zero-order valence-electron chi connectivity index (χ0n) is 18.9. The van der Waals surface area contributed by atoms with Crippen molar-refractivity contribution in [3.8, 4) is 0 Å². The number of thioether (sulfide) groups is 1. The quantitative estimate of drug-likeness (QED) is 0.276. The Balaban J connectivity index is 2.14. The van der Waals surface area contributed by atoms with E-state index in [-0.39, 0.29) is 17.7 Å². The van der Waals surface area contributed by atoms with Crippen LogP contribution in [0.25, 0.3) is 0 Å². The second kappa shape index (κ2) is 13.8. The molecule has 1 saturated heterocycles. The van der Waals surface area contributed by atoms with E-state index in [0.717, 1.165) is 25.7 Å². The maximum atomic E-state index is 15.4. The van der Waals surface area contributed by atoms with Crippen LogP contribution < -0.4 is 0 Å². The third kappa shape index (κ3) is 7.55. The first-order valence-corrected chi connectivity index (χ1v) is 12.2. The maximum absolute atomic E-state index is 15.4. The van der Waals surface area contributed by atoms with E-state index in [4.69, 9.17) is 24.4 Å². The molecule has 1 fully saturated rings. The number of aromatic nitrogens is 2. The topological polar surface area (TPSA) is 102 Å². The van der Waals surface area contributed by atoms with Crippen LogP contribution in [0.3, 0.4) is 0 Å². The van der Waals surface area contributed by atoms with Crippen LogP contribution in [0.2, 0.25) is 0 Å². The fourth-order valence-corrected chi connectivity index (χ4v) is 3.30. The van der Waals surface area contributed by atoms with Crippen LogP contribution in [-0.2, 0) is 18.9 Å². The van der Waals surface area contributed by atoms with Crippen molar-refractivity contribution in [2.75, 3.05) is 32.7 Å². The number of nitrogens with one attached hydrogen (secondary N) is 2. The molecule has 1 aromatic heterocycles. The summed E-state index contributed by atoms with van der Waals surface area (Å²) in [5.41, 5.74) is 0.478. The molecule has 8 nitrogen and oxygen atoms in total. The summed E-state index contributed by atoms with van der Waals surface area (Å²) in [5.74, 6) is 0.522. The Morgan fingerprint density at radius 1 is 1.29 bits per heavy atom. The monoisotopic (exact) mass is 458 g/mol. The molecule has 0 radical (unpaired) electrons. The molecule has 2 N–H and O–H groups in total. The molecular formula is C21H35FN4O4S. The average molecular weight is 459 g/mol. The lowest BCUT2D eigenvalue weighted by Crippen LogP contribution is -2.34. The molecule has 0 aromatic carbocycles. The van der Waals surface area contributed by atoms with Crippen LogP contribution in [0.15, 0.2) is 11.2 Å². The van der Waals surface area contributed by atoms with E-state index in [1.807, 2.05) is 6.92 Å². The van der Waals surface area contributed by atoms with E-state index in [1.54, 1.807) is 6.26 Å². The minimum absolute atomic E-state index is 0.0931. The van der Waals surface area contributed by atoms with Crippen molar-refractivity contribution in [2.45, 2.75) is 70.9 Å². The van der Waals surface area contributed by atoms with Crippen molar-refractivity contribution in [3.63, 3.8) is 0 Å². The molecule has 2 heterocycles. The van der Waals surface area contributed by atoms with Gasteiger partial charge in [0.1, 0.15) is 18.3 Å². The molecule has 0 spiro atoms. The van der Waals surface area contributed by atoms with Crippen molar-refractivity contribution >= 4 is 22.8 Å². The number of aromatic amines is 1. The van der Waals surface area contributed by atoms with Crippen LogP contribution in [-0.4, -0.2) is 72.1 Å². The van der Waals surface area contributed by atoms with Gasteiger partial charge >= 0.3 is 0 Å². The lowest BCUT2D eigenvalue weighted by atomic mass is 10.1. The molecule has 0 aliphatic carbocycles. The summed E-state index contributed by atoms with van der Waals surface area (Å²) in [5, 5.41) is 7.86. The predicted octanol–water partition coefficient (Wildman–Crippen LogP) is 4.27. The van der Waals surface area contributed by atoms with Gasteiger partial charge in [-0.25, -0.2) is 9.37 Å². The zero-order chi connectivity index (χ0) is 22.6. The van der Waals surface area contributed by atoms with E-state index in [0.29, 0.717) is 31.3 Å². The average Bonchev–Trinajstić information content (AvgIpc) is 3.36. The maximum Gasteiger partial charge on any atom is 0.260 e. The molecule has 0 bridgehead atoms. The first kappa shape index (κ1) is 25.8. The highest BCUT2D eigenvalue weighted by Gasteiger charge is 2.47. The standard InChI is InChI=1S/C21H35FN4O4S/c1-5-8-10-27-13-15-18(29-11-9-6-2)16(22)17(30-15)14-12-24-19(25-14)20(28-7-3)26-21(23)31-4/h12,15-18,23H,5-11,13H2,1-4H3,(H,24,25)/t15-,16+,17+,18-/m1/s1. The van der Waals surface area contributed by atoms with Gasteiger partial charge in [0.15, 0.2) is 17.2 Å². The normalized spacial score (nSPS) is 24.0. The van der Waals surface area contributed by atoms with Crippen molar-refractivity contribution in [2.24, 2.45) is 4.99 Å². The van der Waals surface area contributed by atoms with Crippen LogP contribution >= 0.6 is 11.8 Å². The van der Waals surface area contributed by atoms with Crippen molar-refractivity contribution in [3.05, 3.63) is 17.7 Å². The van der Waals surface area contributed by atoms with Crippen LogP contribution in [0, 0.1) is 5.41 Å². The first-order chi connectivity index (χ1) is 15.0. The Kier molecular flexibility index (Phi) is 11.5. The van der Waals surface area contributed by atoms with Crippen LogP contribution in [0.4, 0.5) is 4.39 Å². The van der Waals surface area contributed by atoms with Crippen LogP contribution in [0.5, 0.6) is 0 Å². The Labute approximate surface area is 188 Å². The van der Waals surface area contributed by atoms with Gasteiger partial charge in [0.05, 0.1) is 25.1 Å². The number of unbranched alkanes of at least 4 members (excludes halogenated alkanes) is 2. The Hall–Kier alpha value is -1.49. The number of rotatable bonds is 12. The van der Waals surface area contributed by atoms with Crippen molar-refractivity contribution in [1.29, 1.82) is 5.41 Å². The zero-order valence-corrected chi connectivity index (χ0v) is 19.7. The number of nitrogens with zero attached hydrogens (tertiary/aromatic N) is 2. The third-order valence-corrected chi connectivity index (χ3v) is 5.28. The smallest absolute Gasteiger partial charge is 0.260 e. The molecular weight excluding hydrogens is 423 g/mol. The predicted molar refractivity (Wildman–Crippen MR) is 121 cm³/mol. The van der Waals surface area contributed by atoms with E-state index in [9.17, 15) is 0 Å². The van der Waals surface area contributed by atoms with Gasteiger partial charge in [-0.2, -0.15) is 4.99 Å². The number of ether oxygens (including phenoxy) is 4. The first-order valence-electron chi connectivity index (χ1n) is 10.9. The number of hydrogen-bond acceptors (Lipinski definition) is 7. The number of H-pyrrole nitrogens is 1. The molecule has 0 unspecified atom stereocenters. The largest absolute Gasteiger partial charge is 0.475 e. The summed E-state index contributed by atoms with van der Waals surface area (Å²) in [4.78, 5) is 11.4. The molecule has 0 amide bonds. The van der Waals surface area contributed by atoms with Gasteiger partial charge in [-0.15, -0.1) is 0 Å². The summed E-state index contributed by atoms with van der Waals surface area (Å²) >= 11 is 1.19. The second-order valence-electron chi connectivity index (χ2n) is 7.20. The Bertz CT molecular complexity index is 703. The summed E-state index contributed by atoms with van der Waals surface area (Å²) in [7, 11) is 0. The molecule has 10 heteroatoms. The number of hydrogen-bond donors (Lipinski definition) is 2. The van der Waals surface area contributed by atoms with E-state index >= 15 is 4.39 Å². The van der Waals surface area contributed by atoms with Gasteiger partial charge < -0.3 is 23.9 Å². The van der Waals surface area contributed by atoms with Gasteiger partial charge in [0.2, 0.25) is 0 Å². The molecule has 2 rings (SSSR count). The summed E-state index contributed by atoms with van der Waals surface area (Å²) in [6, 6.07) is 0. The van der Waals surface area contributed by atoms with Crippen molar-refractivity contribution < 1.29 is 23.3 Å². The highest BCUT2D eigenvalue weighted by atomic mass is 32.2. The number of alkyl halides is 1. The van der Waals surface area contributed by atoms with Gasteiger partial charge in [-0.05, 0) is 26.0 Å². The number of aliphatic imine (C=N–C) groups is 1. The highest BCUT2D eigenvalue weighted by Crippen LogP contribution is 2.37. The minimum atomic E-state index is -1.36. The number of halogens is 1. The second-order valence-corrected chi connectivity index (χ2v) is 8.00. The molecule has 31 heavy (non-hydrogen) atoms. The lowest BCUT2D eigenvalue weighted by Gasteiger charge is -2.20. The highest BCUT2D eigenvalue weighted by molar-refractivity contribution is 8.13. The summed E-state index contributed by atoms with van der Waals surface area (Å²) in [6.07, 6.45) is 3.69. The van der Waals surface area contributed by atoms with Gasteiger partial charge in [-0.1, -0.05) is 38.5 Å². The van der Waals surface area contributed by atoms with Crippen LogP contribution in [0.1, 0.15) is 64.1 Å². The van der Waals surface area contributed by atoms with E-state index in [2.05, 4.69) is 28.8 Å². The summed E-state index contributed by atoms with van der Waals surface area (Å²) in [6.45, 7) is 7.73. The Morgan fingerprint density at radius 2 is 2.03 bits per heavy atom. The minimum Gasteiger partial charge on any atom is -0.475 e. The van der Waals surface area contributed by atoms with E-state index in [1.165, 1.54) is 18.0 Å². The van der Waals surface area contributed by atoms with Gasteiger partial charge in [0, 0.05) is 13.2 Å². The van der Waals surface area contributed by atoms with Gasteiger partial charge in [0.25, 0.3) is 5.90 Å². The number of amidine groups is 1. The van der Waals surface area contributed by atoms with Crippen molar-refractivity contribution in [1.82, 2.24) is 9.97 Å². The van der Waals surface area contributed by atoms with Gasteiger partial charge in [-0.3, -0.25) is 5.41 Å². The third-order valence-electron chi connectivity index (χ3n) is 4.81. The fraction of sp³-hybridized carbons (Fsp3) is 0.762. The molecule has 176 valence electrons. The molecule has 1 aliphatic heterocycles. The fourth-order valence-electron chi connectivity index (χ4n) is 3.12. The lowest BCUT2D eigenvalue weighted by molar-refractivity contribution is -0.0671. The molecule has 1 aliphatic rings. The molecule has 1 aromatic rings.